The summed E-state index contributed by atoms with van der Waals surface area (Å²) in [6.07, 6.45) is 3.46. The number of fused-ring (bicyclic) bond motifs is 1. The summed E-state index contributed by atoms with van der Waals surface area (Å²) in [6, 6.07) is 4.76. The highest BCUT2D eigenvalue weighted by atomic mass is 32.1. The average Bonchev–Trinajstić information content (AvgIpc) is 2.81. The van der Waals surface area contributed by atoms with E-state index in [1.165, 1.54) is 9.80 Å². The van der Waals surface area contributed by atoms with Crippen molar-refractivity contribution in [2.75, 3.05) is 7.05 Å². The van der Waals surface area contributed by atoms with Crippen LogP contribution < -0.4 is 0 Å². The number of piperazine rings is 1. The zero-order valence-electron chi connectivity index (χ0n) is 13.2. The Hall–Kier alpha value is -2.07. The molecular formula is C16H18N4O2S. The van der Waals surface area contributed by atoms with E-state index in [0.29, 0.717) is 0 Å². The number of rotatable bonds is 1. The van der Waals surface area contributed by atoms with Gasteiger partial charge in [0.25, 0.3) is 5.91 Å². The van der Waals surface area contributed by atoms with Crippen LogP contribution in [-0.2, 0) is 9.59 Å². The smallest absolute Gasteiger partial charge is 0.259 e. The Balaban J connectivity index is 2.21. The first-order chi connectivity index (χ1) is 10.8. The lowest BCUT2D eigenvalue weighted by molar-refractivity contribution is -0.161. The van der Waals surface area contributed by atoms with Crippen LogP contribution in [0.4, 0.5) is 0 Å². The Kier molecular flexibility index (Phi) is 3.41. The number of aromatic nitrogens is 1. The number of carbonyl (C=O) groups is 2. The summed E-state index contributed by atoms with van der Waals surface area (Å²) in [7, 11) is 1.60. The van der Waals surface area contributed by atoms with Gasteiger partial charge >= 0.3 is 0 Å². The maximum Gasteiger partial charge on any atom is 0.259 e. The number of thiol groups is 1. The lowest BCUT2D eigenvalue weighted by Crippen LogP contribution is -2.65. The predicted octanol–water partition coefficient (Wildman–Crippen LogP) is 1.37. The minimum Gasteiger partial charge on any atom is -0.331 e. The largest absolute Gasteiger partial charge is 0.331 e. The van der Waals surface area contributed by atoms with Gasteiger partial charge in [-0.15, -0.1) is 12.6 Å². The summed E-state index contributed by atoms with van der Waals surface area (Å²) < 4.78 is 0. The van der Waals surface area contributed by atoms with Crippen LogP contribution in [0, 0.1) is 16.7 Å². The Morgan fingerprint density at radius 3 is 2.74 bits per heavy atom. The van der Waals surface area contributed by atoms with Crippen LogP contribution in [0.2, 0.25) is 0 Å². The van der Waals surface area contributed by atoms with Crippen molar-refractivity contribution in [3.05, 3.63) is 30.1 Å². The molecule has 0 radical (unpaired) electrons. The first-order valence-electron chi connectivity index (χ1n) is 7.40. The Labute approximate surface area is 140 Å². The van der Waals surface area contributed by atoms with Gasteiger partial charge in [0.15, 0.2) is 4.87 Å². The molecule has 1 unspecified atom stereocenters. The molecule has 0 saturated carbocycles. The van der Waals surface area contributed by atoms with Crippen LogP contribution >= 0.6 is 12.6 Å². The van der Waals surface area contributed by atoms with Crippen LogP contribution in [0.3, 0.4) is 0 Å². The molecule has 2 aliphatic rings. The second-order valence-corrected chi connectivity index (χ2v) is 7.25. The average molecular weight is 330 g/mol. The van der Waals surface area contributed by atoms with Crippen molar-refractivity contribution < 1.29 is 9.59 Å². The van der Waals surface area contributed by atoms with Gasteiger partial charge in [-0.05, 0) is 25.5 Å². The summed E-state index contributed by atoms with van der Waals surface area (Å²) in [5, 5.41) is 9.76. The molecule has 2 fully saturated rings. The van der Waals surface area contributed by atoms with Gasteiger partial charge in [-0.1, -0.05) is 6.07 Å². The van der Waals surface area contributed by atoms with Crippen molar-refractivity contribution in [2.45, 2.75) is 37.2 Å². The van der Waals surface area contributed by atoms with Crippen LogP contribution in [0.1, 0.15) is 31.9 Å². The highest BCUT2D eigenvalue weighted by Crippen LogP contribution is 2.57. The Morgan fingerprint density at radius 1 is 1.48 bits per heavy atom. The third-order valence-corrected chi connectivity index (χ3v) is 5.53. The Morgan fingerprint density at radius 2 is 2.17 bits per heavy atom. The van der Waals surface area contributed by atoms with E-state index in [9.17, 15) is 14.9 Å². The molecule has 0 aromatic carbocycles. The third-order valence-electron chi connectivity index (χ3n) is 4.97. The standard InChI is InChI=1S/C16H18N4O2S/c1-10-13(21)20-12(11-5-4-6-18-7-11)15(2,9-17)8-16(20,23)14(22)19(10)3/h4-7,10,12,23H,8H2,1-3H3/t10?,12-,15+,16-/m0/s1. The van der Waals surface area contributed by atoms with Gasteiger partial charge in [-0.2, -0.15) is 5.26 Å². The molecule has 120 valence electrons. The lowest BCUT2D eigenvalue weighted by Gasteiger charge is -2.46. The summed E-state index contributed by atoms with van der Waals surface area (Å²) >= 11 is 4.58. The highest BCUT2D eigenvalue weighted by molar-refractivity contribution is 7.82. The number of hydrogen-bond acceptors (Lipinski definition) is 5. The van der Waals surface area contributed by atoms with E-state index in [1.54, 1.807) is 39.4 Å². The molecular weight excluding hydrogens is 312 g/mol. The van der Waals surface area contributed by atoms with E-state index in [4.69, 9.17) is 0 Å². The summed E-state index contributed by atoms with van der Waals surface area (Å²) in [6.45, 7) is 3.46. The summed E-state index contributed by atoms with van der Waals surface area (Å²) in [5.74, 6) is -0.448. The zero-order valence-corrected chi connectivity index (χ0v) is 14.1. The molecule has 1 aromatic heterocycles. The fourth-order valence-electron chi connectivity index (χ4n) is 3.66. The van der Waals surface area contributed by atoms with E-state index >= 15 is 0 Å². The fourth-order valence-corrected chi connectivity index (χ4v) is 4.36. The van der Waals surface area contributed by atoms with E-state index in [2.05, 4.69) is 23.7 Å². The minimum atomic E-state index is -1.30. The van der Waals surface area contributed by atoms with Gasteiger partial charge in [-0.3, -0.25) is 14.6 Å². The minimum absolute atomic E-state index is 0.181. The van der Waals surface area contributed by atoms with Crippen LogP contribution in [-0.4, -0.2) is 44.6 Å². The number of carbonyl (C=O) groups excluding carboxylic acids is 2. The molecule has 0 spiro atoms. The molecule has 0 bridgehead atoms. The number of hydrogen-bond donors (Lipinski definition) is 1. The number of amides is 2. The van der Waals surface area contributed by atoms with Gasteiger partial charge in [0.1, 0.15) is 6.04 Å². The molecule has 0 N–H and O–H groups in total. The van der Waals surface area contributed by atoms with E-state index in [0.717, 1.165) is 5.56 Å². The molecule has 7 heteroatoms. The number of likely N-dealkylation sites (N-methyl/N-ethyl adjacent to an activating group) is 1. The van der Waals surface area contributed by atoms with Crippen LogP contribution in [0.5, 0.6) is 0 Å². The first kappa shape index (κ1) is 15.8. The van der Waals surface area contributed by atoms with Crippen molar-refractivity contribution in [2.24, 2.45) is 5.41 Å². The molecule has 4 atom stereocenters. The van der Waals surface area contributed by atoms with Gasteiger partial charge < -0.3 is 9.80 Å². The maximum absolute atomic E-state index is 12.9. The number of pyridine rings is 1. The second kappa shape index (κ2) is 4.96. The molecule has 6 nitrogen and oxygen atoms in total. The van der Waals surface area contributed by atoms with Gasteiger partial charge in [-0.25, -0.2) is 0 Å². The van der Waals surface area contributed by atoms with Crippen LogP contribution in [0.25, 0.3) is 0 Å². The quantitative estimate of drug-likeness (QED) is 0.789. The Bertz CT molecular complexity index is 719. The van der Waals surface area contributed by atoms with Crippen molar-refractivity contribution >= 4 is 24.4 Å². The summed E-state index contributed by atoms with van der Waals surface area (Å²) in [4.78, 5) is 31.4. The molecule has 1 aromatic rings. The van der Waals surface area contributed by atoms with E-state index in [-0.39, 0.29) is 18.2 Å². The number of nitrogens with zero attached hydrogens (tertiary/aromatic N) is 4. The van der Waals surface area contributed by atoms with E-state index < -0.39 is 22.4 Å². The fraction of sp³-hybridized carbons (Fsp3) is 0.500. The molecule has 2 amide bonds. The molecule has 2 saturated heterocycles. The molecule has 2 aliphatic heterocycles. The molecule has 0 aliphatic carbocycles. The summed E-state index contributed by atoms with van der Waals surface area (Å²) in [5.41, 5.74) is -0.175. The van der Waals surface area contributed by atoms with Gasteiger partial charge in [0, 0.05) is 25.9 Å². The van der Waals surface area contributed by atoms with Crippen molar-refractivity contribution in [1.29, 1.82) is 5.26 Å². The second-order valence-electron chi connectivity index (χ2n) is 6.51. The number of nitriles is 1. The molecule has 23 heavy (non-hydrogen) atoms. The lowest BCUT2D eigenvalue weighted by atomic mass is 9.80. The molecule has 3 rings (SSSR count). The highest BCUT2D eigenvalue weighted by Gasteiger charge is 2.66. The monoisotopic (exact) mass is 330 g/mol. The molecule has 3 heterocycles. The maximum atomic E-state index is 12.9. The SMILES string of the molecule is CC1C(=O)N2[C@@H](c3cccnc3)[C@@](C)(C#N)C[C@]2(S)C(=O)N1C. The normalized spacial score (nSPS) is 36.8. The van der Waals surface area contributed by atoms with Crippen molar-refractivity contribution in [3.63, 3.8) is 0 Å². The van der Waals surface area contributed by atoms with Gasteiger partial charge in [0.2, 0.25) is 5.91 Å². The van der Waals surface area contributed by atoms with Crippen LogP contribution in [0.15, 0.2) is 24.5 Å². The van der Waals surface area contributed by atoms with Crippen molar-refractivity contribution in [1.82, 2.24) is 14.8 Å². The first-order valence-corrected chi connectivity index (χ1v) is 7.85. The zero-order chi connectivity index (χ0) is 17.0. The van der Waals surface area contributed by atoms with Crippen molar-refractivity contribution in [3.8, 4) is 6.07 Å². The third kappa shape index (κ3) is 1.98. The van der Waals surface area contributed by atoms with E-state index in [1.807, 2.05) is 6.07 Å². The topological polar surface area (TPSA) is 77.3 Å². The predicted molar refractivity (Wildman–Crippen MR) is 86.1 cm³/mol. The van der Waals surface area contributed by atoms with Gasteiger partial charge in [0.05, 0.1) is 17.5 Å².